The van der Waals surface area contributed by atoms with Crippen molar-refractivity contribution in [3.63, 3.8) is 0 Å². The van der Waals surface area contributed by atoms with Gasteiger partial charge in [0.2, 0.25) is 0 Å². The lowest BCUT2D eigenvalue weighted by atomic mass is 10.2. The van der Waals surface area contributed by atoms with Gasteiger partial charge in [-0.1, -0.05) is 12.1 Å². The molecule has 2 heteroatoms. The topological polar surface area (TPSA) is 21.6 Å². The second-order valence-corrected chi connectivity index (χ2v) is 1.66. The molecule has 0 saturated heterocycles. The van der Waals surface area contributed by atoms with Gasteiger partial charge in [0.1, 0.15) is 6.10 Å². The zero-order valence-electron chi connectivity index (χ0n) is 4.42. The van der Waals surface area contributed by atoms with E-state index in [-0.39, 0.29) is 0 Å². The molecule has 1 aliphatic heterocycles. The van der Waals surface area contributed by atoms with Crippen LogP contribution in [0.3, 0.4) is 0 Å². The molecule has 1 atom stereocenters. The molecule has 7 heavy (non-hydrogen) atoms. The van der Waals surface area contributed by atoms with Crippen LogP contribution in [0, 0.1) is 0 Å². The van der Waals surface area contributed by atoms with Crippen molar-refractivity contribution in [1.29, 1.82) is 0 Å². The number of rotatable bonds is 1. The van der Waals surface area contributed by atoms with E-state index < -0.39 is 0 Å². The summed E-state index contributed by atoms with van der Waals surface area (Å²) in [6, 6.07) is 0. The maximum Gasteiger partial charge on any atom is 0.132 e. The number of oxime groups is 1. The van der Waals surface area contributed by atoms with Crippen molar-refractivity contribution in [2.24, 2.45) is 5.16 Å². The predicted octanol–water partition coefficient (Wildman–Crippen LogP) is 1.17. The fourth-order valence-electron chi connectivity index (χ4n) is 0.574. The molecule has 40 valence electrons. The summed E-state index contributed by atoms with van der Waals surface area (Å²) in [6.07, 6.45) is 4.25. The first-order chi connectivity index (χ1) is 3.43. The van der Waals surface area contributed by atoms with Crippen molar-refractivity contribution >= 4 is 6.21 Å². The first-order valence-electron chi connectivity index (χ1n) is 2.61. The van der Waals surface area contributed by atoms with Crippen LogP contribution in [-0.2, 0) is 4.84 Å². The predicted molar refractivity (Wildman–Crippen MR) is 28.3 cm³/mol. The SMILES string of the molecule is CC[C@H]1CC=NO1. The van der Waals surface area contributed by atoms with Gasteiger partial charge in [-0.15, -0.1) is 0 Å². The zero-order chi connectivity index (χ0) is 5.11. The molecule has 1 rings (SSSR count). The van der Waals surface area contributed by atoms with Crippen molar-refractivity contribution in [3.05, 3.63) is 0 Å². The summed E-state index contributed by atoms with van der Waals surface area (Å²) in [5.41, 5.74) is 0. The molecule has 0 aliphatic carbocycles. The van der Waals surface area contributed by atoms with E-state index in [0.717, 1.165) is 12.8 Å². The third-order valence-corrected chi connectivity index (χ3v) is 1.11. The zero-order valence-corrected chi connectivity index (χ0v) is 4.42. The van der Waals surface area contributed by atoms with Gasteiger partial charge in [0.15, 0.2) is 0 Å². The first-order valence-corrected chi connectivity index (χ1v) is 2.61. The van der Waals surface area contributed by atoms with E-state index >= 15 is 0 Å². The Bertz CT molecular complexity index is 72.1. The molecule has 1 aliphatic rings. The fraction of sp³-hybridized carbons (Fsp3) is 0.800. The molecular weight excluding hydrogens is 90.1 g/mol. The smallest absolute Gasteiger partial charge is 0.132 e. The van der Waals surface area contributed by atoms with E-state index in [4.69, 9.17) is 4.84 Å². The Morgan fingerprint density at radius 3 is 3.14 bits per heavy atom. The van der Waals surface area contributed by atoms with E-state index in [2.05, 4.69) is 12.1 Å². The van der Waals surface area contributed by atoms with Gasteiger partial charge in [-0.2, -0.15) is 0 Å². The van der Waals surface area contributed by atoms with Crippen LogP contribution in [0.5, 0.6) is 0 Å². The molecule has 0 fully saturated rings. The Morgan fingerprint density at radius 1 is 2.00 bits per heavy atom. The van der Waals surface area contributed by atoms with Gasteiger partial charge >= 0.3 is 0 Å². The lowest BCUT2D eigenvalue weighted by Gasteiger charge is -1.99. The van der Waals surface area contributed by atoms with E-state index in [1.807, 2.05) is 6.21 Å². The maximum absolute atomic E-state index is 4.87. The van der Waals surface area contributed by atoms with E-state index in [0.29, 0.717) is 6.10 Å². The molecule has 0 radical (unpaired) electrons. The minimum absolute atomic E-state index is 0.375. The minimum Gasteiger partial charge on any atom is -0.392 e. The van der Waals surface area contributed by atoms with Crippen LogP contribution >= 0.6 is 0 Å². The van der Waals surface area contributed by atoms with Crippen LogP contribution < -0.4 is 0 Å². The molecule has 0 unspecified atom stereocenters. The number of hydrogen-bond acceptors (Lipinski definition) is 2. The Morgan fingerprint density at radius 2 is 2.86 bits per heavy atom. The third kappa shape index (κ3) is 0.918. The highest BCUT2D eigenvalue weighted by molar-refractivity contribution is 5.58. The lowest BCUT2D eigenvalue weighted by molar-refractivity contribution is 0.0829. The van der Waals surface area contributed by atoms with Gasteiger partial charge in [0.25, 0.3) is 0 Å². The Hall–Kier alpha value is -0.530. The highest BCUT2D eigenvalue weighted by Crippen LogP contribution is 2.06. The minimum atomic E-state index is 0.375. The average molecular weight is 99.1 g/mol. The van der Waals surface area contributed by atoms with Crippen molar-refractivity contribution < 1.29 is 4.84 Å². The summed E-state index contributed by atoms with van der Waals surface area (Å²) in [6.45, 7) is 2.10. The second-order valence-electron chi connectivity index (χ2n) is 1.66. The van der Waals surface area contributed by atoms with Crippen LogP contribution in [0.25, 0.3) is 0 Å². The standard InChI is InChI=1S/C5H9NO/c1-2-5-3-4-6-7-5/h4-5H,2-3H2,1H3/t5-/m0/s1. The second kappa shape index (κ2) is 1.96. The summed E-state index contributed by atoms with van der Waals surface area (Å²) in [5, 5.41) is 3.61. The summed E-state index contributed by atoms with van der Waals surface area (Å²) in [4.78, 5) is 4.87. The molecule has 0 aromatic rings. The van der Waals surface area contributed by atoms with Gasteiger partial charge in [0.05, 0.1) is 0 Å². The largest absolute Gasteiger partial charge is 0.392 e. The van der Waals surface area contributed by atoms with Crippen LogP contribution in [0.1, 0.15) is 19.8 Å². The normalized spacial score (nSPS) is 27.9. The lowest BCUT2D eigenvalue weighted by Crippen LogP contribution is -2.00. The molecule has 0 N–H and O–H groups in total. The molecular formula is C5H9NO. The van der Waals surface area contributed by atoms with Crippen molar-refractivity contribution in [2.45, 2.75) is 25.9 Å². The highest BCUT2D eigenvalue weighted by Gasteiger charge is 2.08. The van der Waals surface area contributed by atoms with Crippen LogP contribution in [0.15, 0.2) is 5.16 Å². The molecule has 0 spiro atoms. The van der Waals surface area contributed by atoms with Gasteiger partial charge < -0.3 is 4.84 Å². The van der Waals surface area contributed by atoms with Gasteiger partial charge in [-0.05, 0) is 6.42 Å². The Labute approximate surface area is 43.2 Å². The van der Waals surface area contributed by atoms with Gasteiger partial charge in [-0.25, -0.2) is 0 Å². The summed E-state index contributed by atoms with van der Waals surface area (Å²) in [7, 11) is 0. The maximum atomic E-state index is 4.87. The summed E-state index contributed by atoms with van der Waals surface area (Å²) >= 11 is 0. The molecule has 0 aromatic heterocycles. The van der Waals surface area contributed by atoms with Crippen LogP contribution in [0.4, 0.5) is 0 Å². The molecule has 0 aromatic carbocycles. The van der Waals surface area contributed by atoms with E-state index in [1.54, 1.807) is 0 Å². The number of hydrogen-bond donors (Lipinski definition) is 0. The van der Waals surface area contributed by atoms with Crippen molar-refractivity contribution in [2.75, 3.05) is 0 Å². The van der Waals surface area contributed by atoms with Crippen molar-refractivity contribution in [1.82, 2.24) is 0 Å². The summed E-state index contributed by atoms with van der Waals surface area (Å²) in [5.74, 6) is 0. The molecule has 0 saturated carbocycles. The summed E-state index contributed by atoms with van der Waals surface area (Å²) < 4.78 is 0. The van der Waals surface area contributed by atoms with Crippen LogP contribution in [0.2, 0.25) is 0 Å². The van der Waals surface area contributed by atoms with Gasteiger partial charge in [0, 0.05) is 12.6 Å². The molecule has 1 heterocycles. The van der Waals surface area contributed by atoms with Gasteiger partial charge in [-0.3, -0.25) is 0 Å². The Kier molecular flexibility index (Phi) is 1.29. The van der Waals surface area contributed by atoms with Crippen LogP contribution in [-0.4, -0.2) is 12.3 Å². The van der Waals surface area contributed by atoms with Crippen molar-refractivity contribution in [3.8, 4) is 0 Å². The van der Waals surface area contributed by atoms with E-state index in [9.17, 15) is 0 Å². The average Bonchev–Trinajstić information content (AvgIpc) is 2.14. The fourth-order valence-corrected chi connectivity index (χ4v) is 0.574. The quantitative estimate of drug-likeness (QED) is 0.483. The first kappa shape index (κ1) is 4.62. The highest BCUT2D eigenvalue weighted by atomic mass is 16.6. The Balaban J connectivity index is 2.22. The number of nitrogens with zero attached hydrogens (tertiary/aromatic N) is 1. The monoisotopic (exact) mass is 99.1 g/mol. The third-order valence-electron chi connectivity index (χ3n) is 1.11. The molecule has 0 bridgehead atoms. The van der Waals surface area contributed by atoms with E-state index in [1.165, 1.54) is 0 Å². The molecule has 0 amide bonds. The molecule has 2 nitrogen and oxygen atoms in total.